The predicted octanol–water partition coefficient (Wildman–Crippen LogP) is 3.11. The minimum Gasteiger partial charge on any atom is -0.453 e. The molecule has 0 fully saturated rings. The number of benzene rings is 1. The van der Waals surface area contributed by atoms with Crippen LogP contribution in [0, 0.1) is 13.8 Å². The number of aromatic nitrogens is 2. The van der Waals surface area contributed by atoms with Crippen molar-refractivity contribution in [3.05, 3.63) is 41.2 Å². The van der Waals surface area contributed by atoms with E-state index in [4.69, 9.17) is 4.74 Å². The quantitative estimate of drug-likeness (QED) is 0.917. The van der Waals surface area contributed by atoms with E-state index in [1.807, 2.05) is 44.8 Å². The van der Waals surface area contributed by atoms with Crippen LogP contribution >= 0.6 is 0 Å². The summed E-state index contributed by atoms with van der Waals surface area (Å²) in [5, 5.41) is 7.57. The molecule has 0 spiro atoms. The first-order valence-electron chi connectivity index (χ1n) is 6.48. The van der Waals surface area contributed by atoms with Crippen LogP contribution in [0.4, 0.5) is 0 Å². The van der Waals surface area contributed by atoms with Gasteiger partial charge in [-0.15, -0.1) is 0 Å². The molecule has 1 atom stereocenters. The molecular formula is C15H21N3O. The van der Waals surface area contributed by atoms with Crippen LogP contribution in [-0.4, -0.2) is 16.8 Å². The van der Waals surface area contributed by atoms with E-state index in [0.717, 1.165) is 22.9 Å². The maximum absolute atomic E-state index is 5.93. The third kappa shape index (κ3) is 2.79. The molecule has 2 rings (SSSR count). The average Bonchev–Trinajstić information content (AvgIpc) is 2.65. The number of hydrogen-bond donors (Lipinski definition) is 1. The van der Waals surface area contributed by atoms with E-state index in [1.54, 1.807) is 0 Å². The SMILES string of the molecule is CNC(C)c1ccc(Oc2c(C)nn(C)c2C)cc1. The molecule has 1 unspecified atom stereocenters. The number of hydrogen-bond acceptors (Lipinski definition) is 3. The van der Waals surface area contributed by atoms with Crippen molar-refractivity contribution in [2.24, 2.45) is 7.05 Å². The zero-order chi connectivity index (χ0) is 14.0. The van der Waals surface area contributed by atoms with E-state index < -0.39 is 0 Å². The van der Waals surface area contributed by atoms with Crippen molar-refractivity contribution < 1.29 is 4.74 Å². The highest BCUT2D eigenvalue weighted by Crippen LogP contribution is 2.28. The average molecular weight is 259 g/mol. The highest BCUT2D eigenvalue weighted by Gasteiger charge is 2.11. The molecule has 0 saturated heterocycles. The summed E-state index contributed by atoms with van der Waals surface area (Å²) in [4.78, 5) is 0. The van der Waals surface area contributed by atoms with E-state index in [0.29, 0.717) is 6.04 Å². The molecule has 2 aromatic rings. The van der Waals surface area contributed by atoms with Gasteiger partial charge in [0.25, 0.3) is 0 Å². The first-order valence-corrected chi connectivity index (χ1v) is 6.48. The Morgan fingerprint density at radius 2 is 1.84 bits per heavy atom. The molecule has 0 amide bonds. The lowest BCUT2D eigenvalue weighted by Gasteiger charge is -2.11. The fourth-order valence-corrected chi connectivity index (χ4v) is 2.01. The second-order valence-electron chi connectivity index (χ2n) is 4.81. The molecule has 102 valence electrons. The number of nitrogens with one attached hydrogen (secondary N) is 1. The van der Waals surface area contributed by atoms with Gasteiger partial charge in [0.15, 0.2) is 5.75 Å². The second kappa shape index (κ2) is 5.45. The van der Waals surface area contributed by atoms with Crippen LogP contribution in [-0.2, 0) is 7.05 Å². The molecule has 19 heavy (non-hydrogen) atoms. The fourth-order valence-electron chi connectivity index (χ4n) is 2.01. The summed E-state index contributed by atoms with van der Waals surface area (Å²) in [6.07, 6.45) is 0. The lowest BCUT2D eigenvalue weighted by Crippen LogP contribution is -2.11. The van der Waals surface area contributed by atoms with Crippen molar-refractivity contribution in [1.82, 2.24) is 15.1 Å². The molecule has 1 aromatic carbocycles. The van der Waals surface area contributed by atoms with Crippen LogP contribution in [0.5, 0.6) is 11.5 Å². The molecule has 0 aliphatic heterocycles. The van der Waals surface area contributed by atoms with Gasteiger partial charge in [-0.1, -0.05) is 12.1 Å². The summed E-state index contributed by atoms with van der Waals surface area (Å²) in [6, 6.07) is 8.50. The van der Waals surface area contributed by atoms with Crippen molar-refractivity contribution in [1.29, 1.82) is 0 Å². The van der Waals surface area contributed by atoms with Crippen LogP contribution in [0.15, 0.2) is 24.3 Å². The van der Waals surface area contributed by atoms with E-state index in [2.05, 4.69) is 29.5 Å². The summed E-state index contributed by atoms with van der Waals surface area (Å²) >= 11 is 0. The van der Waals surface area contributed by atoms with Crippen molar-refractivity contribution in [3.63, 3.8) is 0 Å². The maximum atomic E-state index is 5.93. The summed E-state index contributed by atoms with van der Waals surface area (Å²) in [5.41, 5.74) is 3.19. The fraction of sp³-hybridized carbons (Fsp3) is 0.400. The van der Waals surface area contributed by atoms with Gasteiger partial charge in [-0.05, 0) is 45.5 Å². The van der Waals surface area contributed by atoms with E-state index in [1.165, 1.54) is 5.56 Å². The molecule has 0 saturated carbocycles. The maximum Gasteiger partial charge on any atom is 0.171 e. The van der Waals surface area contributed by atoms with Gasteiger partial charge < -0.3 is 10.1 Å². The van der Waals surface area contributed by atoms with E-state index in [-0.39, 0.29) is 0 Å². The van der Waals surface area contributed by atoms with Crippen LogP contribution < -0.4 is 10.1 Å². The van der Waals surface area contributed by atoms with E-state index >= 15 is 0 Å². The predicted molar refractivity (Wildman–Crippen MR) is 76.7 cm³/mol. The zero-order valence-corrected chi connectivity index (χ0v) is 12.2. The number of ether oxygens (including phenoxy) is 1. The third-order valence-corrected chi connectivity index (χ3v) is 3.48. The van der Waals surface area contributed by atoms with Crippen LogP contribution in [0.3, 0.4) is 0 Å². The third-order valence-electron chi connectivity index (χ3n) is 3.48. The van der Waals surface area contributed by atoms with Crippen LogP contribution in [0.25, 0.3) is 0 Å². The molecule has 0 aliphatic rings. The Morgan fingerprint density at radius 3 is 2.32 bits per heavy atom. The Bertz CT molecular complexity index is 558. The summed E-state index contributed by atoms with van der Waals surface area (Å²) in [5.74, 6) is 1.68. The van der Waals surface area contributed by atoms with Gasteiger partial charge in [0.05, 0.1) is 5.69 Å². The molecule has 1 aromatic heterocycles. The lowest BCUT2D eigenvalue weighted by molar-refractivity contribution is 0.473. The topological polar surface area (TPSA) is 39.1 Å². The summed E-state index contributed by atoms with van der Waals surface area (Å²) in [7, 11) is 3.88. The van der Waals surface area contributed by atoms with Gasteiger partial charge in [0.1, 0.15) is 11.4 Å². The monoisotopic (exact) mass is 259 g/mol. The summed E-state index contributed by atoms with van der Waals surface area (Å²) < 4.78 is 7.76. The lowest BCUT2D eigenvalue weighted by atomic mass is 10.1. The van der Waals surface area contributed by atoms with Crippen molar-refractivity contribution in [2.75, 3.05) is 7.05 Å². The van der Waals surface area contributed by atoms with Crippen molar-refractivity contribution in [2.45, 2.75) is 26.8 Å². The largest absolute Gasteiger partial charge is 0.453 e. The van der Waals surface area contributed by atoms with Crippen LogP contribution in [0.2, 0.25) is 0 Å². The Balaban J connectivity index is 2.20. The Labute approximate surface area is 114 Å². The first kappa shape index (κ1) is 13.6. The first-order chi connectivity index (χ1) is 9.02. The molecule has 4 nitrogen and oxygen atoms in total. The molecule has 1 heterocycles. The molecule has 0 bridgehead atoms. The number of aryl methyl sites for hydroxylation is 2. The molecule has 0 radical (unpaired) electrons. The Morgan fingerprint density at radius 1 is 1.21 bits per heavy atom. The number of nitrogens with zero attached hydrogens (tertiary/aromatic N) is 2. The summed E-state index contributed by atoms with van der Waals surface area (Å²) in [6.45, 7) is 6.10. The molecular weight excluding hydrogens is 238 g/mol. The number of rotatable bonds is 4. The van der Waals surface area contributed by atoms with Gasteiger partial charge in [0, 0.05) is 13.1 Å². The van der Waals surface area contributed by atoms with Gasteiger partial charge in [-0.3, -0.25) is 4.68 Å². The molecule has 1 N–H and O–H groups in total. The molecule has 0 aliphatic carbocycles. The van der Waals surface area contributed by atoms with E-state index in [9.17, 15) is 0 Å². The van der Waals surface area contributed by atoms with Crippen LogP contribution in [0.1, 0.15) is 29.9 Å². The van der Waals surface area contributed by atoms with Gasteiger partial charge >= 0.3 is 0 Å². The highest BCUT2D eigenvalue weighted by atomic mass is 16.5. The molecule has 4 heteroatoms. The smallest absolute Gasteiger partial charge is 0.171 e. The van der Waals surface area contributed by atoms with Gasteiger partial charge in [-0.25, -0.2) is 0 Å². The zero-order valence-electron chi connectivity index (χ0n) is 12.2. The minimum absolute atomic E-state index is 0.343. The van der Waals surface area contributed by atoms with Crippen molar-refractivity contribution in [3.8, 4) is 11.5 Å². The minimum atomic E-state index is 0.343. The Hall–Kier alpha value is -1.81. The Kier molecular flexibility index (Phi) is 3.90. The standard InChI is InChI=1S/C15H21N3O/c1-10(16-4)13-6-8-14(9-7-13)19-15-11(2)17-18(5)12(15)3/h6-10,16H,1-5H3. The highest BCUT2D eigenvalue weighted by molar-refractivity contribution is 5.38. The normalized spacial score (nSPS) is 12.5. The van der Waals surface area contributed by atoms with Crippen molar-refractivity contribution >= 4 is 0 Å². The van der Waals surface area contributed by atoms with Gasteiger partial charge in [-0.2, -0.15) is 5.10 Å². The van der Waals surface area contributed by atoms with Gasteiger partial charge in [0.2, 0.25) is 0 Å². The second-order valence-corrected chi connectivity index (χ2v) is 4.81.